The zero-order chi connectivity index (χ0) is 21.4. The SMILES string of the molecule is O[C@H](CNc1ccccc1F)c1cc(C(F)(F)F)nc2c(C(F)(F)F)cccc12. The molecule has 1 aromatic heterocycles. The Morgan fingerprint density at radius 1 is 0.931 bits per heavy atom. The molecule has 0 saturated carbocycles. The van der Waals surface area contributed by atoms with Crippen LogP contribution in [0.1, 0.15) is 22.9 Å². The summed E-state index contributed by atoms with van der Waals surface area (Å²) < 4.78 is 93.0. The van der Waals surface area contributed by atoms with E-state index in [4.69, 9.17) is 0 Å². The Morgan fingerprint density at radius 2 is 1.62 bits per heavy atom. The normalized spacial score (nSPS) is 13.5. The second-order valence-electron chi connectivity index (χ2n) is 6.17. The largest absolute Gasteiger partial charge is 0.433 e. The van der Waals surface area contributed by atoms with Crippen LogP contribution in [0.15, 0.2) is 48.5 Å². The van der Waals surface area contributed by atoms with Crippen molar-refractivity contribution in [1.29, 1.82) is 0 Å². The van der Waals surface area contributed by atoms with Gasteiger partial charge in [0.1, 0.15) is 11.5 Å². The average Bonchev–Trinajstić information content (AvgIpc) is 2.64. The number of hydrogen-bond acceptors (Lipinski definition) is 3. The van der Waals surface area contributed by atoms with Crippen LogP contribution in [0, 0.1) is 5.82 Å². The summed E-state index contributed by atoms with van der Waals surface area (Å²) in [6.07, 6.45) is -11.6. The smallest absolute Gasteiger partial charge is 0.387 e. The lowest BCUT2D eigenvalue weighted by atomic mass is 9.99. The molecule has 0 bridgehead atoms. The molecule has 0 radical (unpaired) electrons. The van der Waals surface area contributed by atoms with Crippen molar-refractivity contribution in [3.8, 4) is 0 Å². The minimum Gasteiger partial charge on any atom is -0.387 e. The number of aromatic nitrogens is 1. The van der Waals surface area contributed by atoms with Crippen molar-refractivity contribution in [2.45, 2.75) is 18.5 Å². The summed E-state index contributed by atoms with van der Waals surface area (Å²) in [4.78, 5) is 3.15. The average molecular weight is 418 g/mol. The Balaban J connectivity index is 2.09. The lowest BCUT2D eigenvalue weighted by Crippen LogP contribution is -2.17. The molecule has 29 heavy (non-hydrogen) atoms. The van der Waals surface area contributed by atoms with Gasteiger partial charge in [-0.25, -0.2) is 9.37 Å². The van der Waals surface area contributed by atoms with Crippen molar-refractivity contribution in [3.63, 3.8) is 0 Å². The molecule has 0 unspecified atom stereocenters. The maximum absolute atomic E-state index is 13.7. The third-order valence-electron chi connectivity index (χ3n) is 4.19. The molecule has 0 aliphatic heterocycles. The minimum absolute atomic E-state index is 0.0167. The molecule has 0 spiro atoms. The van der Waals surface area contributed by atoms with Gasteiger partial charge in [0.05, 0.1) is 22.9 Å². The van der Waals surface area contributed by atoms with E-state index in [1.54, 1.807) is 0 Å². The number of alkyl halides is 6. The molecule has 2 aromatic carbocycles. The number of aliphatic hydroxyl groups is 1. The summed E-state index contributed by atoms with van der Waals surface area (Å²) in [5.74, 6) is -0.658. The summed E-state index contributed by atoms with van der Waals surface area (Å²) >= 11 is 0. The summed E-state index contributed by atoms with van der Waals surface area (Å²) in [7, 11) is 0. The molecule has 0 amide bonds. The lowest BCUT2D eigenvalue weighted by molar-refractivity contribution is -0.142. The zero-order valence-corrected chi connectivity index (χ0v) is 14.4. The molecule has 154 valence electrons. The highest BCUT2D eigenvalue weighted by molar-refractivity contribution is 5.86. The highest BCUT2D eigenvalue weighted by Crippen LogP contribution is 2.39. The second kappa shape index (κ2) is 7.51. The molecule has 1 heterocycles. The molecule has 3 rings (SSSR count). The number of anilines is 1. The Morgan fingerprint density at radius 3 is 2.24 bits per heavy atom. The first-order valence-corrected chi connectivity index (χ1v) is 8.23. The van der Waals surface area contributed by atoms with Crippen LogP contribution in [0.2, 0.25) is 0 Å². The van der Waals surface area contributed by atoms with Crippen LogP contribution in [0.25, 0.3) is 10.9 Å². The molecular formula is C19H13F7N2O. The Kier molecular flexibility index (Phi) is 5.40. The summed E-state index contributed by atoms with van der Waals surface area (Å²) in [6.45, 7) is -0.437. The highest BCUT2D eigenvalue weighted by Gasteiger charge is 2.37. The van der Waals surface area contributed by atoms with E-state index < -0.39 is 53.2 Å². The molecule has 10 heteroatoms. The van der Waals surface area contributed by atoms with Crippen LogP contribution in [-0.4, -0.2) is 16.6 Å². The zero-order valence-electron chi connectivity index (χ0n) is 14.4. The van der Waals surface area contributed by atoms with Gasteiger partial charge in [-0.05, 0) is 29.8 Å². The maximum atomic E-state index is 13.7. The number of hydrogen-bond donors (Lipinski definition) is 2. The fraction of sp³-hybridized carbons (Fsp3) is 0.211. The van der Waals surface area contributed by atoms with Crippen LogP contribution >= 0.6 is 0 Å². The van der Waals surface area contributed by atoms with Crippen LogP contribution in [-0.2, 0) is 12.4 Å². The number of para-hydroxylation sites is 2. The molecule has 0 aliphatic rings. The summed E-state index contributed by atoms with van der Waals surface area (Å²) in [6, 6.07) is 8.65. The van der Waals surface area contributed by atoms with Gasteiger partial charge in [-0.15, -0.1) is 0 Å². The number of aliphatic hydroxyl groups excluding tert-OH is 1. The van der Waals surface area contributed by atoms with E-state index in [2.05, 4.69) is 10.3 Å². The Labute approximate surface area is 159 Å². The van der Waals surface area contributed by atoms with Gasteiger partial charge in [-0.3, -0.25) is 0 Å². The van der Waals surface area contributed by atoms with Crippen molar-refractivity contribution in [3.05, 3.63) is 71.2 Å². The fourth-order valence-corrected chi connectivity index (χ4v) is 2.85. The first-order chi connectivity index (χ1) is 13.5. The molecule has 0 fully saturated rings. The number of nitrogens with one attached hydrogen (secondary N) is 1. The number of fused-ring (bicyclic) bond motifs is 1. The third kappa shape index (κ3) is 4.42. The number of halogens is 7. The van der Waals surface area contributed by atoms with Gasteiger partial charge in [-0.2, -0.15) is 26.3 Å². The molecule has 1 atom stereocenters. The predicted molar refractivity (Wildman–Crippen MR) is 91.6 cm³/mol. The maximum Gasteiger partial charge on any atom is 0.433 e. The number of pyridine rings is 1. The Hall–Kier alpha value is -2.88. The van der Waals surface area contributed by atoms with Crippen molar-refractivity contribution in [2.24, 2.45) is 0 Å². The first-order valence-electron chi connectivity index (χ1n) is 8.23. The monoisotopic (exact) mass is 418 g/mol. The van der Waals surface area contributed by atoms with Crippen LogP contribution in [0.3, 0.4) is 0 Å². The Bertz CT molecular complexity index is 1030. The van der Waals surface area contributed by atoms with E-state index >= 15 is 0 Å². The van der Waals surface area contributed by atoms with Crippen molar-refractivity contribution >= 4 is 16.6 Å². The van der Waals surface area contributed by atoms with E-state index in [-0.39, 0.29) is 11.1 Å². The van der Waals surface area contributed by atoms with Crippen LogP contribution in [0.5, 0.6) is 0 Å². The fourth-order valence-electron chi connectivity index (χ4n) is 2.85. The summed E-state index contributed by atoms with van der Waals surface area (Å²) in [5.41, 5.74) is -4.26. The first kappa shape index (κ1) is 20.8. The molecule has 0 aliphatic carbocycles. The van der Waals surface area contributed by atoms with E-state index in [1.807, 2.05) is 0 Å². The second-order valence-corrected chi connectivity index (χ2v) is 6.17. The molecular weight excluding hydrogens is 405 g/mol. The lowest BCUT2D eigenvalue weighted by Gasteiger charge is -2.19. The van der Waals surface area contributed by atoms with E-state index in [1.165, 1.54) is 18.2 Å². The highest BCUT2D eigenvalue weighted by atomic mass is 19.4. The van der Waals surface area contributed by atoms with Gasteiger partial charge in [0.15, 0.2) is 0 Å². The van der Waals surface area contributed by atoms with E-state index in [0.29, 0.717) is 12.1 Å². The number of nitrogens with zero attached hydrogens (tertiary/aromatic N) is 1. The van der Waals surface area contributed by atoms with Gasteiger partial charge < -0.3 is 10.4 Å². The van der Waals surface area contributed by atoms with Gasteiger partial charge in [0, 0.05) is 11.9 Å². The quantitative estimate of drug-likeness (QED) is 0.546. The topological polar surface area (TPSA) is 45.1 Å². The number of benzene rings is 2. The third-order valence-corrected chi connectivity index (χ3v) is 4.19. The van der Waals surface area contributed by atoms with Crippen molar-refractivity contribution in [2.75, 3.05) is 11.9 Å². The van der Waals surface area contributed by atoms with E-state index in [9.17, 15) is 35.8 Å². The summed E-state index contributed by atoms with van der Waals surface area (Å²) in [5, 5.41) is 12.6. The molecule has 3 aromatic rings. The predicted octanol–water partition coefficient (Wildman–Crippen LogP) is 5.56. The van der Waals surface area contributed by atoms with Gasteiger partial charge in [0.25, 0.3) is 0 Å². The molecule has 3 nitrogen and oxygen atoms in total. The van der Waals surface area contributed by atoms with Gasteiger partial charge in [0.2, 0.25) is 0 Å². The van der Waals surface area contributed by atoms with Crippen LogP contribution < -0.4 is 5.32 Å². The molecule has 0 saturated heterocycles. The standard InChI is InChI=1S/C19H13F7N2O/c20-13-6-1-2-7-14(13)27-9-15(29)11-8-16(19(24,25)26)28-17-10(11)4-3-5-12(17)18(21,22)23/h1-8,15,27,29H,9H2/t15-/m1/s1. The number of rotatable bonds is 4. The minimum atomic E-state index is -5.03. The molecule has 2 N–H and O–H groups in total. The van der Waals surface area contributed by atoms with Crippen molar-refractivity contribution < 1.29 is 35.8 Å². The van der Waals surface area contributed by atoms with E-state index in [0.717, 1.165) is 18.2 Å². The van der Waals surface area contributed by atoms with Gasteiger partial charge in [-0.1, -0.05) is 24.3 Å². The van der Waals surface area contributed by atoms with Crippen molar-refractivity contribution in [1.82, 2.24) is 4.98 Å². The van der Waals surface area contributed by atoms with Gasteiger partial charge >= 0.3 is 12.4 Å². The van der Waals surface area contributed by atoms with Crippen LogP contribution in [0.4, 0.5) is 36.4 Å².